The standard InChI is InChI=1S/C19H25N3O/c1-14-6-7-15(2)17(11-14)18-5-4-10-22(18)19(23)9-8-16-12-20-13-21(16)3/h6-7,11-13,18H,4-5,8-10H2,1-3H3. The summed E-state index contributed by atoms with van der Waals surface area (Å²) in [6.07, 6.45) is 7.11. The Morgan fingerprint density at radius 2 is 2.17 bits per heavy atom. The number of aryl methyl sites for hydroxylation is 4. The molecule has 1 unspecified atom stereocenters. The minimum Gasteiger partial charge on any atom is -0.338 e. The number of hydrogen-bond acceptors (Lipinski definition) is 2. The van der Waals surface area contributed by atoms with Crippen molar-refractivity contribution in [2.24, 2.45) is 7.05 Å². The van der Waals surface area contributed by atoms with Crippen LogP contribution in [0.3, 0.4) is 0 Å². The average molecular weight is 311 g/mol. The summed E-state index contributed by atoms with van der Waals surface area (Å²) in [4.78, 5) is 18.9. The van der Waals surface area contributed by atoms with Gasteiger partial charge in [0.25, 0.3) is 0 Å². The Hall–Kier alpha value is -2.10. The largest absolute Gasteiger partial charge is 0.338 e. The Kier molecular flexibility index (Phi) is 4.51. The van der Waals surface area contributed by atoms with Crippen molar-refractivity contribution < 1.29 is 4.79 Å². The normalized spacial score (nSPS) is 17.7. The molecule has 1 atom stereocenters. The van der Waals surface area contributed by atoms with Gasteiger partial charge in [0, 0.05) is 31.9 Å². The summed E-state index contributed by atoms with van der Waals surface area (Å²) in [5.41, 5.74) is 4.98. The number of carbonyl (C=O) groups is 1. The molecule has 1 fully saturated rings. The Morgan fingerprint density at radius 1 is 1.35 bits per heavy atom. The molecule has 1 aromatic carbocycles. The molecule has 2 heterocycles. The van der Waals surface area contributed by atoms with Crippen LogP contribution in [-0.2, 0) is 18.3 Å². The molecule has 2 aromatic rings. The zero-order valence-electron chi connectivity index (χ0n) is 14.2. The van der Waals surface area contributed by atoms with Crippen LogP contribution in [0.25, 0.3) is 0 Å². The van der Waals surface area contributed by atoms with Crippen molar-refractivity contribution in [3.8, 4) is 0 Å². The van der Waals surface area contributed by atoms with Gasteiger partial charge in [0.05, 0.1) is 12.4 Å². The number of carbonyl (C=O) groups excluding carboxylic acids is 1. The minimum absolute atomic E-state index is 0.244. The van der Waals surface area contributed by atoms with E-state index in [4.69, 9.17) is 0 Å². The molecule has 0 aliphatic carbocycles. The molecule has 1 amide bonds. The van der Waals surface area contributed by atoms with Crippen molar-refractivity contribution >= 4 is 5.91 Å². The molecule has 4 nitrogen and oxygen atoms in total. The molecule has 0 radical (unpaired) electrons. The number of aromatic nitrogens is 2. The number of imidazole rings is 1. The molecular weight excluding hydrogens is 286 g/mol. The molecule has 1 aliphatic heterocycles. The van der Waals surface area contributed by atoms with Crippen LogP contribution in [0.1, 0.15) is 47.7 Å². The lowest BCUT2D eigenvalue weighted by Crippen LogP contribution is -2.31. The molecule has 0 N–H and O–H groups in total. The monoisotopic (exact) mass is 311 g/mol. The maximum atomic E-state index is 12.7. The zero-order chi connectivity index (χ0) is 16.4. The van der Waals surface area contributed by atoms with Gasteiger partial charge in [0.1, 0.15) is 0 Å². The van der Waals surface area contributed by atoms with Gasteiger partial charge in [0.2, 0.25) is 5.91 Å². The van der Waals surface area contributed by atoms with Gasteiger partial charge in [-0.05, 0) is 44.2 Å². The first-order valence-corrected chi connectivity index (χ1v) is 8.38. The van der Waals surface area contributed by atoms with Crippen LogP contribution in [0.15, 0.2) is 30.7 Å². The molecule has 1 saturated heterocycles. The van der Waals surface area contributed by atoms with E-state index in [0.29, 0.717) is 6.42 Å². The minimum atomic E-state index is 0.244. The third-order valence-electron chi connectivity index (χ3n) is 4.88. The van der Waals surface area contributed by atoms with Gasteiger partial charge in [-0.25, -0.2) is 4.98 Å². The molecule has 1 aromatic heterocycles. The van der Waals surface area contributed by atoms with Gasteiger partial charge >= 0.3 is 0 Å². The fraction of sp³-hybridized carbons (Fsp3) is 0.474. The predicted molar refractivity (Wildman–Crippen MR) is 91.1 cm³/mol. The van der Waals surface area contributed by atoms with E-state index < -0.39 is 0 Å². The Morgan fingerprint density at radius 3 is 2.91 bits per heavy atom. The highest BCUT2D eigenvalue weighted by Gasteiger charge is 2.30. The Labute approximate surface area is 138 Å². The molecule has 23 heavy (non-hydrogen) atoms. The van der Waals surface area contributed by atoms with Crippen molar-refractivity contribution in [1.29, 1.82) is 0 Å². The van der Waals surface area contributed by atoms with Gasteiger partial charge in [-0.3, -0.25) is 4.79 Å². The van der Waals surface area contributed by atoms with Crippen molar-refractivity contribution in [2.45, 2.75) is 45.6 Å². The third kappa shape index (κ3) is 3.31. The fourth-order valence-electron chi connectivity index (χ4n) is 3.51. The maximum Gasteiger partial charge on any atom is 0.223 e. The summed E-state index contributed by atoms with van der Waals surface area (Å²) in [5, 5.41) is 0. The predicted octanol–water partition coefficient (Wildman–Crippen LogP) is 3.33. The summed E-state index contributed by atoms with van der Waals surface area (Å²) in [7, 11) is 1.97. The summed E-state index contributed by atoms with van der Waals surface area (Å²) < 4.78 is 1.99. The van der Waals surface area contributed by atoms with Gasteiger partial charge in [-0.1, -0.05) is 23.8 Å². The van der Waals surface area contributed by atoms with Gasteiger partial charge in [-0.2, -0.15) is 0 Å². The molecule has 4 heteroatoms. The van der Waals surface area contributed by atoms with E-state index in [-0.39, 0.29) is 11.9 Å². The highest BCUT2D eigenvalue weighted by atomic mass is 16.2. The quantitative estimate of drug-likeness (QED) is 0.868. The van der Waals surface area contributed by atoms with Crippen LogP contribution < -0.4 is 0 Å². The van der Waals surface area contributed by atoms with Crippen molar-refractivity contribution in [2.75, 3.05) is 6.54 Å². The van der Waals surface area contributed by atoms with E-state index in [1.165, 1.54) is 16.7 Å². The Bertz CT molecular complexity index is 704. The number of amides is 1. The second-order valence-electron chi connectivity index (χ2n) is 6.60. The van der Waals surface area contributed by atoms with Gasteiger partial charge in [0.15, 0.2) is 0 Å². The number of benzene rings is 1. The lowest BCUT2D eigenvalue weighted by molar-refractivity contribution is -0.132. The van der Waals surface area contributed by atoms with Crippen LogP contribution in [0.4, 0.5) is 0 Å². The zero-order valence-corrected chi connectivity index (χ0v) is 14.2. The molecule has 0 spiro atoms. The number of hydrogen-bond donors (Lipinski definition) is 0. The number of likely N-dealkylation sites (tertiary alicyclic amines) is 1. The number of rotatable bonds is 4. The van der Waals surface area contributed by atoms with E-state index in [1.807, 2.05) is 17.8 Å². The maximum absolute atomic E-state index is 12.7. The topological polar surface area (TPSA) is 38.1 Å². The first kappa shape index (κ1) is 15.8. The first-order chi connectivity index (χ1) is 11.1. The smallest absolute Gasteiger partial charge is 0.223 e. The van der Waals surface area contributed by atoms with Crippen LogP contribution in [-0.4, -0.2) is 26.9 Å². The van der Waals surface area contributed by atoms with Gasteiger partial charge in [-0.15, -0.1) is 0 Å². The van der Waals surface area contributed by atoms with E-state index in [1.54, 1.807) is 6.33 Å². The molecular formula is C19H25N3O. The summed E-state index contributed by atoms with van der Waals surface area (Å²) in [6, 6.07) is 6.80. The Balaban J connectivity index is 1.72. The summed E-state index contributed by atoms with van der Waals surface area (Å²) in [6.45, 7) is 5.14. The van der Waals surface area contributed by atoms with Gasteiger partial charge < -0.3 is 9.47 Å². The lowest BCUT2D eigenvalue weighted by atomic mass is 9.97. The highest BCUT2D eigenvalue weighted by Crippen LogP contribution is 2.34. The van der Waals surface area contributed by atoms with E-state index in [9.17, 15) is 4.79 Å². The first-order valence-electron chi connectivity index (χ1n) is 8.38. The summed E-state index contributed by atoms with van der Waals surface area (Å²) >= 11 is 0. The summed E-state index contributed by atoms with van der Waals surface area (Å²) in [5.74, 6) is 0.259. The molecule has 122 valence electrons. The van der Waals surface area contributed by atoms with Crippen molar-refractivity contribution in [3.05, 3.63) is 53.1 Å². The fourth-order valence-corrected chi connectivity index (χ4v) is 3.51. The van der Waals surface area contributed by atoms with Crippen LogP contribution in [0, 0.1) is 13.8 Å². The van der Waals surface area contributed by atoms with Crippen LogP contribution in [0.2, 0.25) is 0 Å². The van der Waals surface area contributed by atoms with E-state index in [0.717, 1.165) is 31.5 Å². The van der Waals surface area contributed by atoms with Crippen molar-refractivity contribution in [1.82, 2.24) is 14.5 Å². The number of nitrogens with zero attached hydrogens (tertiary/aromatic N) is 3. The SMILES string of the molecule is Cc1ccc(C)c(C2CCCN2C(=O)CCc2cncn2C)c1. The molecule has 0 saturated carbocycles. The second-order valence-corrected chi connectivity index (χ2v) is 6.60. The third-order valence-corrected chi connectivity index (χ3v) is 4.88. The molecule has 3 rings (SSSR count). The van der Waals surface area contributed by atoms with E-state index in [2.05, 4.69) is 41.9 Å². The van der Waals surface area contributed by atoms with E-state index >= 15 is 0 Å². The highest BCUT2D eigenvalue weighted by molar-refractivity contribution is 5.77. The van der Waals surface area contributed by atoms with Crippen molar-refractivity contribution in [3.63, 3.8) is 0 Å². The average Bonchev–Trinajstić information content (AvgIpc) is 3.16. The molecule has 0 bridgehead atoms. The van der Waals surface area contributed by atoms with Crippen LogP contribution >= 0.6 is 0 Å². The molecule has 1 aliphatic rings. The second kappa shape index (κ2) is 6.57. The van der Waals surface area contributed by atoms with Crippen LogP contribution in [0.5, 0.6) is 0 Å². The lowest BCUT2D eigenvalue weighted by Gasteiger charge is -2.27.